The first-order valence-corrected chi connectivity index (χ1v) is 4.76. The minimum Gasteiger partial charge on any atom is -0.411 e. The lowest BCUT2D eigenvalue weighted by atomic mass is 9.70. The predicted molar refractivity (Wildman–Crippen MR) is 48.8 cm³/mol. The number of ketones is 1. The Bertz CT molecular complexity index is 283. The molecule has 3 heteroatoms. The smallest absolute Gasteiger partial charge is 0.145 e. The summed E-state index contributed by atoms with van der Waals surface area (Å²) in [6.07, 6.45) is 4.07. The fourth-order valence-corrected chi connectivity index (χ4v) is 3.11. The van der Waals surface area contributed by atoms with Crippen LogP contribution in [0, 0.1) is 16.7 Å². The summed E-state index contributed by atoms with van der Waals surface area (Å²) in [6.45, 7) is 4.22. The number of Topliss-reactive ketones (excluding diaryl/α,β-unsaturated/α-hetero) is 1. The molecule has 2 aliphatic rings. The SMILES string of the molecule is CC1(C)C2CCC1(/C=N\O)C(=O)C2. The second-order valence-corrected chi connectivity index (χ2v) is 4.80. The average molecular weight is 181 g/mol. The maximum atomic E-state index is 11.8. The number of carbonyl (C=O) groups is 1. The summed E-state index contributed by atoms with van der Waals surface area (Å²) in [4.78, 5) is 11.8. The molecule has 0 spiro atoms. The summed E-state index contributed by atoms with van der Waals surface area (Å²) >= 11 is 0. The van der Waals surface area contributed by atoms with Crippen LogP contribution in [0.2, 0.25) is 0 Å². The number of nitrogens with zero attached hydrogens (tertiary/aromatic N) is 1. The van der Waals surface area contributed by atoms with Crippen LogP contribution in [0.4, 0.5) is 0 Å². The summed E-state index contributed by atoms with van der Waals surface area (Å²) in [7, 11) is 0. The molecule has 0 aliphatic heterocycles. The lowest BCUT2D eigenvalue weighted by Crippen LogP contribution is -2.37. The molecule has 2 bridgehead atoms. The van der Waals surface area contributed by atoms with Crippen LogP contribution in [0.15, 0.2) is 5.16 Å². The van der Waals surface area contributed by atoms with Crippen molar-refractivity contribution in [3.8, 4) is 0 Å². The summed E-state index contributed by atoms with van der Waals surface area (Å²) in [5, 5.41) is 11.7. The van der Waals surface area contributed by atoms with Crippen molar-refractivity contribution in [1.29, 1.82) is 0 Å². The van der Waals surface area contributed by atoms with E-state index in [1.54, 1.807) is 0 Å². The molecule has 72 valence electrons. The van der Waals surface area contributed by atoms with Gasteiger partial charge in [-0.3, -0.25) is 4.79 Å². The Labute approximate surface area is 77.8 Å². The summed E-state index contributed by atoms with van der Waals surface area (Å²) < 4.78 is 0. The molecule has 1 N–H and O–H groups in total. The third kappa shape index (κ3) is 0.798. The highest BCUT2D eigenvalue weighted by atomic mass is 16.4. The van der Waals surface area contributed by atoms with Gasteiger partial charge in [0.15, 0.2) is 0 Å². The average Bonchev–Trinajstić information content (AvgIpc) is 2.38. The van der Waals surface area contributed by atoms with Crippen molar-refractivity contribution in [2.45, 2.75) is 33.1 Å². The second kappa shape index (κ2) is 2.34. The number of fused-ring (bicyclic) bond motifs is 2. The molecule has 0 saturated heterocycles. The third-order valence-corrected chi connectivity index (χ3v) is 4.27. The fraction of sp³-hybridized carbons (Fsp3) is 0.800. The van der Waals surface area contributed by atoms with E-state index in [2.05, 4.69) is 19.0 Å². The third-order valence-electron chi connectivity index (χ3n) is 4.27. The zero-order chi connectivity index (χ0) is 9.69. The molecular formula is C10H15NO2. The van der Waals surface area contributed by atoms with E-state index in [1.807, 2.05) is 0 Å². The lowest BCUT2D eigenvalue weighted by molar-refractivity contribution is -0.125. The van der Waals surface area contributed by atoms with Gasteiger partial charge >= 0.3 is 0 Å². The van der Waals surface area contributed by atoms with Crippen LogP contribution in [0.5, 0.6) is 0 Å². The van der Waals surface area contributed by atoms with Crippen LogP contribution in [0.25, 0.3) is 0 Å². The van der Waals surface area contributed by atoms with Crippen LogP contribution in [0.1, 0.15) is 33.1 Å². The molecule has 3 nitrogen and oxygen atoms in total. The normalized spacial score (nSPS) is 42.0. The molecule has 0 aromatic rings. The standard InChI is InChI=1S/C10H15NO2/c1-9(2)7-3-4-10(9,6-11-13)8(12)5-7/h6-7,13H,3-5H2,1-2H3/b11-6-. The second-order valence-electron chi connectivity index (χ2n) is 4.80. The first-order chi connectivity index (χ1) is 6.04. The van der Waals surface area contributed by atoms with E-state index >= 15 is 0 Å². The van der Waals surface area contributed by atoms with Crippen molar-refractivity contribution in [2.75, 3.05) is 0 Å². The van der Waals surface area contributed by atoms with Gasteiger partial charge in [-0.1, -0.05) is 13.8 Å². The van der Waals surface area contributed by atoms with E-state index in [4.69, 9.17) is 5.21 Å². The maximum absolute atomic E-state index is 11.8. The molecule has 2 saturated carbocycles. The van der Waals surface area contributed by atoms with Gasteiger partial charge in [-0.15, -0.1) is 5.16 Å². The van der Waals surface area contributed by atoms with Crippen LogP contribution in [-0.2, 0) is 4.79 Å². The van der Waals surface area contributed by atoms with Crippen molar-refractivity contribution in [1.82, 2.24) is 0 Å². The van der Waals surface area contributed by atoms with Crippen LogP contribution in [-0.4, -0.2) is 17.2 Å². The molecule has 2 aliphatic carbocycles. The highest BCUT2D eigenvalue weighted by Gasteiger charge is 2.63. The van der Waals surface area contributed by atoms with Crippen LogP contribution in [0.3, 0.4) is 0 Å². The number of hydrogen-bond acceptors (Lipinski definition) is 3. The first kappa shape index (κ1) is 8.73. The number of rotatable bonds is 1. The van der Waals surface area contributed by atoms with Gasteiger partial charge < -0.3 is 5.21 Å². The zero-order valence-corrected chi connectivity index (χ0v) is 8.08. The first-order valence-electron chi connectivity index (χ1n) is 4.76. The van der Waals surface area contributed by atoms with Crippen molar-refractivity contribution in [2.24, 2.45) is 21.9 Å². The van der Waals surface area contributed by atoms with Gasteiger partial charge in [0, 0.05) is 6.42 Å². The Kier molecular flexibility index (Phi) is 1.57. The van der Waals surface area contributed by atoms with Crippen molar-refractivity contribution in [3.05, 3.63) is 0 Å². The van der Waals surface area contributed by atoms with E-state index in [0.717, 1.165) is 12.8 Å². The largest absolute Gasteiger partial charge is 0.411 e. The highest BCUT2D eigenvalue weighted by molar-refractivity contribution is 6.03. The van der Waals surface area contributed by atoms with Gasteiger partial charge in [0.05, 0.1) is 11.6 Å². The number of hydrogen-bond donors (Lipinski definition) is 1. The number of oxime groups is 1. The molecule has 2 fully saturated rings. The maximum Gasteiger partial charge on any atom is 0.145 e. The summed E-state index contributed by atoms with van der Waals surface area (Å²) in [5.74, 6) is 0.740. The molecule has 0 aromatic heterocycles. The molecule has 0 aromatic carbocycles. The minimum absolute atomic E-state index is 0.0175. The molecule has 0 heterocycles. The van der Waals surface area contributed by atoms with Crippen molar-refractivity contribution < 1.29 is 10.0 Å². The van der Waals surface area contributed by atoms with E-state index < -0.39 is 5.41 Å². The van der Waals surface area contributed by atoms with Crippen molar-refractivity contribution >= 4 is 12.0 Å². The van der Waals surface area contributed by atoms with Crippen LogP contribution >= 0.6 is 0 Å². The van der Waals surface area contributed by atoms with E-state index in [0.29, 0.717) is 12.3 Å². The fourth-order valence-electron chi connectivity index (χ4n) is 3.11. The van der Waals surface area contributed by atoms with Gasteiger partial charge in [-0.05, 0) is 24.2 Å². The van der Waals surface area contributed by atoms with Gasteiger partial charge in [-0.2, -0.15) is 0 Å². The van der Waals surface area contributed by atoms with Gasteiger partial charge in [0.2, 0.25) is 0 Å². The Hall–Kier alpha value is -0.860. The molecule has 2 rings (SSSR count). The highest BCUT2D eigenvalue weighted by Crippen LogP contribution is 2.62. The molecular weight excluding hydrogens is 166 g/mol. The van der Waals surface area contributed by atoms with E-state index in [9.17, 15) is 4.79 Å². The minimum atomic E-state index is -0.466. The Balaban J connectivity index is 2.49. The quantitative estimate of drug-likeness (QED) is 0.381. The lowest BCUT2D eigenvalue weighted by Gasteiger charge is -2.32. The molecule has 2 atom stereocenters. The molecule has 0 amide bonds. The van der Waals surface area contributed by atoms with Crippen LogP contribution < -0.4 is 0 Å². The summed E-state index contributed by atoms with van der Waals surface area (Å²) in [5.41, 5.74) is -0.483. The predicted octanol–water partition coefficient (Wildman–Crippen LogP) is 1.84. The Morgan fingerprint density at radius 2 is 2.31 bits per heavy atom. The van der Waals surface area contributed by atoms with E-state index in [-0.39, 0.29) is 11.2 Å². The molecule has 0 radical (unpaired) electrons. The van der Waals surface area contributed by atoms with Crippen molar-refractivity contribution in [3.63, 3.8) is 0 Å². The Morgan fingerprint density at radius 1 is 1.62 bits per heavy atom. The molecule has 13 heavy (non-hydrogen) atoms. The zero-order valence-electron chi connectivity index (χ0n) is 8.08. The Morgan fingerprint density at radius 3 is 2.69 bits per heavy atom. The topological polar surface area (TPSA) is 49.7 Å². The van der Waals surface area contributed by atoms with E-state index in [1.165, 1.54) is 6.21 Å². The van der Waals surface area contributed by atoms with Gasteiger partial charge in [0.25, 0.3) is 0 Å². The van der Waals surface area contributed by atoms with Gasteiger partial charge in [0.1, 0.15) is 5.78 Å². The summed E-state index contributed by atoms with van der Waals surface area (Å²) in [6, 6.07) is 0. The molecule has 2 unspecified atom stereocenters. The monoisotopic (exact) mass is 181 g/mol. The number of carbonyl (C=O) groups excluding carboxylic acids is 1. The van der Waals surface area contributed by atoms with Gasteiger partial charge in [-0.25, -0.2) is 0 Å².